The zero-order chi connectivity index (χ0) is 16.6. The number of alkyl halides is 3. The highest BCUT2D eigenvalue weighted by atomic mass is 32.2. The number of sulfone groups is 2. The lowest BCUT2D eigenvalue weighted by Crippen LogP contribution is -2.21. The fraction of sp³-hybridized carbons (Fsp3) is 0.333. The van der Waals surface area contributed by atoms with Crippen molar-refractivity contribution < 1.29 is 34.7 Å². The summed E-state index contributed by atoms with van der Waals surface area (Å²) in [6, 6.07) is 4.31. The van der Waals surface area contributed by atoms with E-state index in [-0.39, 0.29) is 5.56 Å². The highest BCUT2D eigenvalue weighted by Gasteiger charge is 2.34. The van der Waals surface area contributed by atoms with E-state index in [0.717, 1.165) is 23.6 Å². The van der Waals surface area contributed by atoms with E-state index in [1.54, 1.807) is 0 Å². The molecule has 0 aromatic heterocycles. The van der Waals surface area contributed by atoms with Gasteiger partial charge in [-0.15, -0.1) is 13.2 Å². The maximum Gasteiger partial charge on any atom is 0.573 e. The number of halogens is 3. The van der Waals surface area contributed by atoms with Gasteiger partial charge in [-0.1, -0.05) is 18.2 Å². The van der Waals surface area contributed by atoms with Gasteiger partial charge in [0.1, 0.15) is 11.0 Å². The van der Waals surface area contributed by atoms with Crippen molar-refractivity contribution in [3.05, 3.63) is 41.3 Å². The van der Waals surface area contributed by atoms with Crippen LogP contribution in [0.4, 0.5) is 13.2 Å². The Labute approximate surface area is 125 Å². The zero-order valence-electron chi connectivity index (χ0n) is 10.9. The van der Waals surface area contributed by atoms with Crippen LogP contribution in [0.2, 0.25) is 0 Å². The van der Waals surface area contributed by atoms with E-state index >= 15 is 0 Å². The quantitative estimate of drug-likeness (QED) is 0.810. The van der Waals surface area contributed by atoms with Crippen LogP contribution in [-0.2, 0) is 19.7 Å². The van der Waals surface area contributed by atoms with Crippen LogP contribution in [0.25, 0.3) is 0 Å². The van der Waals surface area contributed by atoms with E-state index in [2.05, 4.69) is 4.74 Å². The van der Waals surface area contributed by atoms with Crippen LogP contribution in [0.1, 0.15) is 10.8 Å². The third kappa shape index (κ3) is 4.23. The van der Waals surface area contributed by atoms with Gasteiger partial charge < -0.3 is 4.74 Å². The SMILES string of the molecule is O=S1(=O)CC=CS(=O)(=O)C(c2cccc(OC(F)(F)F)c2)C1. The van der Waals surface area contributed by atoms with Crippen molar-refractivity contribution in [3.63, 3.8) is 0 Å². The van der Waals surface area contributed by atoms with Gasteiger partial charge in [0.2, 0.25) is 0 Å². The van der Waals surface area contributed by atoms with Crippen molar-refractivity contribution >= 4 is 19.7 Å². The first-order valence-electron chi connectivity index (χ1n) is 5.95. The lowest BCUT2D eigenvalue weighted by atomic mass is 10.1. The largest absolute Gasteiger partial charge is 0.573 e. The Bertz CT molecular complexity index is 794. The minimum Gasteiger partial charge on any atom is -0.406 e. The van der Waals surface area contributed by atoms with E-state index < -0.39 is 48.5 Å². The Hall–Kier alpha value is -1.55. The molecule has 0 saturated heterocycles. The second-order valence-electron chi connectivity index (χ2n) is 4.65. The number of hydrogen-bond acceptors (Lipinski definition) is 5. The lowest BCUT2D eigenvalue weighted by Gasteiger charge is -2.16. The van der Waals surface area contributed by atoms with Crippen molar-refractivity contribution in [2.24, 2.45) is 0 Å². The van der Waals surface area contributed by atoms with Crippen molar-refractivity contribution in [2.75, 3.05) is 11.5 Å². The fourth-order valence-corrected chi connectivity index (χ4v) is 5.77. The van der Waals surface area contributed by atoms with Crippen LogP contribution >= 0.6 is 0 Å². The highest BCUT2D eigenvalue weighted by Crippen LogP contribution is 2.32. The maximum atomic E-state index is 12.2. The molecule has 1 atom stereocenters. The molecule has 122 valence electrons. The molecule has 1 heterocycles. The van der Waals surface area contributed by atoms with Gasteiger partial charge in [-0.2, -0.15) is 0 Å². The third-order valence-electron chi connectivity index (χ3n) is 2.90. The summed E-state index contributed by atoms with van der Waals surface area (Å²) >= 11 is 0. The first-order chi connectivity index (χ1) is 9.99. The number of hydrogen-bond donors (Lipinski definition) is 0. The van der Waals surface area contributed by atoms with E-state index in [9.17, 15) is 30.0 Å². The molecule has 0 aliphatic carbocycles. The van der Waals surface area contributed by atoms with Crippen LogP contribution in [0.5, 0.6) is 5.75 Å². The molecule has 1 aromatic rings. The van der Waals surface area contributed by atoms with Crippen LogP contribution in [-0.4, -0.2) is 34.7 Å². The lowest BCUT2D eigenvalue weighted by molar-refractivity contribution is -0.274. The van der Waals surface area contributed by atoms with E-state index in [4.69, 9.17) is 0 Å². The topological polar surface area (TPSA) is 77.5 Å². The van der Waals surface area contributed by atoms with Gasteiger partial charge in [-0.25, -0.2) is 16.8 Å². The van der Waals surface area contributed by atoms with Crippen molar-refractivity contribution in [1.29, 1.82) is 0 Å². The van der Waals surface area contributed by atoms with E-state index in [1.807, 2.05) is 0 Å². The minimum absolute atomic E-state index is 0.0723. The standard InChI is InChI=1S/C12H11F3O5S2/c13-12(14,15)20-10-4-1-3-9(7-10)11-8-21(16,17)5-2-6-22(11,18)19/h1-4,6-7,11H,5,8H2. The molecule has 0 N–H and O–H groups in total. The maximum absolute atomic E-state index is 12.2. The molecule has 1 aliphatic heterocycles. The molecule has 0 fully saturated rings. The fourth-order valence-electron chi connectivity index (χ4n) is 2.01. The Morgan fingerprint density at radius 1 is 1.14 bits per heavy atom. The predicted octanol–water partition coefficient (Wildman–Crippen LogP) is 1.98. The van der Waals surface area contributed by atoms with Gasteiger partial charge in [-0.3, -0.25) is 0 Å². The number of ether oxygens (including phenoxy) is 1. The average molecular weight is 356 g/mol. The molecule has 10 heteroatoms. The van der Waals surface area contributed by atoms with Crippen LogP contribution in [0, 0.1) is 0 Å². The van der Waals surface area contributed by atoms with Gasteiger partial charge in [-0.05, 0) is 17.7 Å². The van der Waals surface area contributed by atoms with Gasteiger partial charge in [0, 0.05) is 5.41 Å². The second-order valence-corrected chi connectivity index (χ2v) is 8.82. The van der Waals surface area contributed by atoms with Crippen molar-refractivity contribution in [1.82, 2.24) is 0 Å². The molecule has 1 aliphatic rings. The van der Waals surface area contributed by atoms with Crippen molar-refractivity contribution in [2.45, 2.75) is 11.6 Å². The summed E-state index contributed by atoms with van der Waals surface area (Å²) in [7, 11) is -7.61. The molecular weight excluding hydrogens is 345 g/mol. The Kier molecular flexibility index (Phi) is 4.26. The molecule has 0 amide bonds. The molecule has 0 bridgehead atoms. The summed E-state index contributed by atoms with van der Waals surface area (Å²) < 4.78 is 87.9. The van der Waals surface area contributed by atoms with Crippen molar-refractivity contribution in [3.8, 4) is 5.75 Å². The highest BCUT2D eigenvalue weighted by molar-refractivity contribution is 7.97. The summed E-state index contributed by atoms with van der Waals surface area (Å²) in [6.45, 7) is 0. The molecule has 5 nitrogen and oxygen atoms in total. The minimum atomic E-state index is -4.92. The summed E-state index contributed by atoms with van der Waals surface area (Å²) in [5.74, 6) is -1.73. The molecule has 1 aromatic carbocycles. The Morgan fingerprint density at radius 3 is 2.45 bits per heavy atom. The van der Waals surface area contributed by atoms with E-state index in [0.29, 0.717) is 0 Å². The zero-order valence-corrected chi connectivity index (χ0v) is 12.6. The van der Waals surface area contributed by atoms with Crippen LogP contribution in [0.3, 0.4) is 0 Å². The van der Waals surface area contributed by atoms with Crippen LogP contribution < -0.4 is 4.74 Å². The molecule has 2 rings (SSSR count). The second kappa shape index (κ2) is 5.58. The predicted molar refractivity (Wildman–Crippen MR) is 72.6 cm³/mol. The first kappa shape index (κ1) is 16.8. The Morgan fingerprint density at radius 2 is 1.82 bits per heavy atom. The summed E-state index contributed by atoms with van der Waals surface area (Å²) in [5.41, 5.74) is -0.0723. The van der Waals surface area contributed by atoms with Gasteiger partial charge in [0.25, 0.3) is 0 Å². The molecule has 0 saturated carbocycles. The first-order valence-corrected chi connectivity index (χ1v) is 9.38. The summed E-state index contributed by atoms with van der Waals surface area (Å²) in [4.78, 5) is 0. The third-order valence-corrected chi connectivity index (χ3v) is 6.46. The molecule has 0 spiro atoms. The molecule has 22 heavy (non-hydrogen) atoms. The van der Waals surface area contributed by atoms with Gasteiger partial charge in [0.15, 0.2) is 19.7 Å². The summed E-state index contributed by atoms with van der Waals surface area (Å²) in [5, 5.41) is -0.687. The Balaban J connectivity index is 2.45. The average Bonchev–Trinajstić information content (AvgIpc) is 2.43. The summed E-state index contributed by atoms with van der Waals surface area (Å²) in [6.07, 6.45) is -3.91. The number of rotatable bonds is 2. The smallest absolute Gasteiger partial charge is 0.406 e. The normalized spacial score (nSPS) is 23.7. The molecular formula is C12H11F3O5S2. The van der Waals surface area contributed by atoms with E-state index in [1.165, 1.54) is 12.1 Å². The molecule has 0 radical (unpaired) electrons. The van der Waals surface area contributed by atoms with Crippen LogP contribution in [0.15, 0.2) is 35.7 Å². The molecule has 1 unspecified atom stereocenters. The van der Waals surface area contributed by atoms with Gasteiger partial charge >= 0.3 is 6.36 Å². The number of benzene rings is 1. The monoisotopic (exact) mass is 356 g/mol. The van der Waals surface area contributed by atoms with Gasteiger partial charge in [0.05, 0.1) is 11.5 Å².